The van der Waals surface area contributed by atoms with E-state index in [1.165, 1.54) is 12.8 Å². The predicted molar refractivity (Wildman–Crippen MR) is 99.8 cm³/mol. The molecule has 1 saturated heterocycles. The lowest BCUT2D eigenvalue weighted by atomic mass is 10.0. The Labute approximate surface area is 145 Å². The second-order valence-corrected chi connectivity index (χ2v) is 6.87. The smallest absolute Gasteiger partial charge is 0.227 e. The van der Waals surface area contributed by atoms with Crippen molar-refractivity contribution in [2.75, 3.05) is 18.4 Å². The average molecular weight is 330 g/mol. The number of guanidine groups is 1. The van der Waals surface area contributed by atoms with Crippen molar-refractivity contribution < 1.29 is 4.79 Å². The van der Waals surface area contributed by atoms with Crippen LogP contribution in [0, 0.1) is 11.8 Å². The molecule has 5 heteroatoms. The van der Waals surface area contributed by atoms with Gasteiger partial charge in [0.05, 0.1) is 6.54 Å². The van der Waals surface area contributed by atoms with Gasteiger partial charge < -0.3 is 16.0 Å². The van der Waals surface area contributed by atoms with Gasteiger partial charge in [0.25, 0.3) is 0 Å². The maximum Gasteiger partial charge on any atom is 0.227 e. The summed E-state index contributed by atoms with van der Waals surface area (Å²) in [6.07, 6.45) is 3.27. The van der Waals surface area contributed by atoms with Crippen LogP contribution in [0.2, 0.25) is 0 Å². The standard InChI is InChI=1S/C19H30N4O/c1-4-15(3)18(24)22-17-9-5-8-16(11-17)12-21-19(20)23-10-6-7-14(2)13-23/h5,8-9,11,14-15H,4,6-7,10,12-13H2,1-3H3,(H2,20,21)(H,22,24). The maximum absolute atomic E-state index is 12.0. The highest BCUT2D eigenvalue weighted by molar-refractivity contribution is 5.92. The zero-order valence-corrected chi connectivity index (χ0v) is 15.1. The van der Waals surface area contributed by atoms with Gasteiger partial charge >= 0.3 is 0 Å². The highest BCUT2D eigenvalue weighted by Crippen LogP contribution is 2.16. The second kappa shape index (κ2) is 8.71. The summed E-state index contributed by atoms with van der Waals surface area (Å²) in [6, 6.07) is 7.82. The van der Waals surface area contributed by atoms with Crippen LogP contribution < -0.4 is 11.1 Å². The number of nitrogens with one attached hydrogen (secondary N) is 1. The lowest BCUT2D eigenvalue weighted by molar-refractivity contribution is -0.119. The molecule has 0 saturated carbocycles. The number of amides is 1. The molecule has 3 N–H and O–H groups in total. The van der Waals surface area contributed by atoms with Crippen molar-refractivity contribution in [2.24, 2.45) is 22.6 Å². The fraction of sp³-hybridized carbons (Fsp3) is 0.579. The Morgan fingerprint density at radius 3 is 3.00 bits per heavy atom. The van der Waals surface area contributed by atoms with E-state index in [0.717, 1.165) is 30.8 Å². The largest absolute Gasteiger partial charge is 0.370 e. The molecule has 24 heavy (non-hydrogen) atoms. The van der Waals surface area contributed by atoms with E-state index in [1.807, 2.05) is 38.1 Å². The fourth-order valence-electron chi connectivity index (χ4n) is 2.87. The number of piperidine rings is 1. The number of carbonyl (C=O) groups is 1. The Hall–Kier alpha value is -2.04. The van der Waals surface area contributed by atoms with E-state index >= 15 is 0 Å². The molecule has 1 aromatic carbocycles. The summed E-state index contributed by atoms with van der Waals surface area (Å²) in [5.41, 5.74) is 8.01. The summed E-state index contributed by atoms with van der Waals surface area (Å²) < 4.78 is 0. The molecule has 0 bridgehead atoms. The van der Waals surface area contributed by atoms with E-state index in [-0.39, 0.29) is 11.8 Å². The quantitative estimate of drug-likeness (QED) is 0.643. The van der Waals surface area contributed by atoms with Crippen LogP contribution in [0.1, 0.15) is 45.6 Å². The van der Waals surface area contributed by atoms with Crippen LogP contribution in [0.15, 0.2) is 29.3 Å². The van der Waals surface area contributed by atoms with Crippen molar-refractivity contribution in [3.05, 3.63) is 29.8 Å². The molecular weight excluding hydrogens is 300 g/mol. The van der Waals surface area contributed by atoms with Gasteiger partial charge in [0, 0.05) is 24.7 Å². The lowest BCUT2D eigenvalue weighted by Gasteiger charge is -2.31. The molecule has 132 valence electrons. The topological polar surface area (TPSA) is 70.7 Å². The van der Waals surface area contributed by atoms with Crippen LogP contribution in [0.4, 0.5) is 5.69 Å². The van der Waals surface area contributed by atoms with E-state index in [9.17, 15) is 4.79 Å². The Morgan fingerprint density at radius 2 is 2.29 bits per heavy atom. The predicted octanol–water partition coefficient (Wildman–Crippen LogP) is 3.22. The summed E-state index contributed by atoms with van der Waals surface area (Å²) in [5.74, 6) is 1.37. The van der Waals surface area contributed by atoms with Crippen molar-refractivity contribution >= 4 is 17.6 Å². The normalized spacial score (nSPS) is 19.9. The van der Waals surface area contributed by atoms with E-state index < -0.39 is 0 Å². The van der Waals surface area contributed by atoms with Gasteiger partial charge in [-0.3, -0.25) is 4.79 Å². The van der Waals surface area contributed by atoms with Crippen LogP contribution in [0.5, 0.6) is 0 Å². The summed E-state index contributed by atoms with van der Waals surface area (Å²) in [5, 5.41) is 2.96. The molecule has 0 radical (unpaired) electrons. The van der Waals surface area contributed by atoms with Crippen LogP contribution >= 0.6 is 0 Å². The molecule has 1 aliphatic rings. The number of rotatable bonds is 5. The first-order valence-corrected chi connectivity index (χ1v) is 8.94. The number of aliphatic imine (C=N–C) groups is 1. The Morgan fingerprint density at radius 1 is 1.50 bits per heavy atom. The number of nitrogens with zero attached hydrogens (tertiary/aromatic N) is 2. The number of anilines is 1. The Balaban J connectivity index is 1.96. The second-order valence-electron chi connectivity index (χ2n) is 6.87. The van der Waals surface area contributed by atoms with Gasteiger partial charge in [0.2, 0.25) is 5.91 Å². The van der Waals surface area contributed by atoms with Crippen molar-refractivity contribution in [1.29, 1.82) is 0 Å². The van der Waals surface area contributed by atoms with Gasteiger partial charge in [-0.05, 0) is 42.9 Å². The Bertz CT molecular complexity index is 584. The molecule has 0 aromatic heterocycles. The lowest BCUT2D eigenvalue weighted by Crippen LogP contribution is -2.43. The number of hydrogen-bond acceptors (Lipinski definition) is 2. The number of benzene rings is 1. The maximum atomic E-state index is 12.0. The zero-order chi connectivity index (χ0) is 17.5. The first-order valence-electron chi connectivity index (χ1n) is 8.94. The summed E-state index contributed by atoms with van der Waals surface area (Å²) in [7, 11) is 0. The SMILES string of the molecule is CCC(C)C(=O)Nc1cccc(CN=C(N)N2CCCC(C)C2)c1. The molecule has 2 atom stereocenters. The zero-order valence-electron chi connectivity index (χ0n) is 15.1. The van der Waals surface area contributed by atoms with Gasteiger partial charge in [0.1, 0.15) is 0 Å². The van der Waals surface area contributed by atoms with Crippen molar-refractivity contribution in [2.45, 2.75) is 46.6 Å². The minimum atomic E-state index is 0.0170. The molecule has 0 aliphatic carbocycles. The highest BCUT2D eigenvalue weighted by Gasteiger charge is 2.17. The average Bonchev–Trinajstić information content (AvgIpc) is 2.59. The number of hydrogen-bond donors (Lipinski definition) is 2. The van der Waals surface area contributed by atoms with Crippen LogP contribution in [-0.4, -0.2) is 29.9 Å². The fourth-order valence-corrected chi connectivity index (χ4v) is 2.87. The van der Waals surface area contributed by atoms with E-state index in [2.05, 4.69) is 22.1 Å². The molecule has 0 spiro atoms. The monoisotopic (exact) mass is 330 g/mol. The molecule has 1 fully saturated rings. The number of nitrogens with two attached hydrogens (primary N) is 1. The van der Waals surface area contributed by atoms with Crippen molar-refractivity contribution in [1.82, 2.24) is 4.90 Å². The van der Waals surface area contributed by atoms with Gasteiger partial charge in [-0.15, -0.1) is 0 Å². The van der Waals surface area contributed by atoms with E-state index in [4.69, 9.17) is 5.73 Å². The molecule has 1 aliphatic heterocycles. The van der Waals surface area contributed by atoms with Gasteiger partial charge in [-0.25, -0.2) is 4.99 Å². The molecule has 5 nitrogen and oxygen atoms in total. The number of likely N-dealkylation sites (tertiary alicyclic amines) is 1. The van der Waals surface area contributed by atoms with Crippen LogP contribution in [0.3, 0.4) is 0 Å². The highest BCUT2D eigenvalue weighted by atomic mass is 16.1. The minimum Gasteiger partial charge on any atom is -0.370 e. The first kappa shape index (κ1) is 18.3. The molecule has 2 unspecified atom stereocenters. The number of carbonyl (C=O) groups excluding carboxylic acids is 1. The summed E-state index contributed by atoms with van der Waals surface area (Å²) in [6.45, 7) is 8.71. The van der Waals surface area contributed by atoms with Gasteiger partial charge in [-0.2, -0.15) is 0 Å². The summed E-state index contributed by atoms with van der Waals surface area (Å²) >= 11 is 0. The Kier molecular flexibility index (Phi) is 6.64. The molecule has 1 aromatic rings. The van der Waals surface area contributed by atoms with Gasteiger partial charge in [0.15, 0.2) is 5.96 Å². The van der Waals surface area contributed by atoms with Crippen LogP contribution in [-0.2, 0) is 11.3 Å². The van der Waals surface area contributed by atoms with Crippen LogP contribution in [0.25, 0.3) is 0 Å². The van der Waals surface area contributed by atoms with Gasteiger partial charge in [-0.1, -0.05) is 32.9 Å². The summed E-state index contributed by atoms with van der Waals surface area (Å²) in [4.78, 5) is 18.7. The molecule has 1 heterocycles. The van der Waals surface area contributed by atoms with E-state index in [0.29, 0.717) is 18.4 Å². The molecular formula is C19H30N4O. The minimum absolute atomic E-state index is 0.0170. The van der Waals surface area contributed by atoms with Crippen molar-refractivity contribution in [3.63, 3.8) is 0 Å². The first-order chi connectivity index (χ1) is 11.5. The van der Waals surface area contributed by atoms with E-state index in [1.54, 1.807) is 0 Å². The molecule has 2 rings (SSSR count). The third kappa shape index (κ3) is 5.25. The van der Waals surface area contributed by atoms with Crippen molar-refractivity contribution in [3.8, 4) is 0 Å². The third-order valence-electron chi connectivity index (χ3n) is 4.66. The third-order valence-corrected chi connectivity index (χ3v) is 4.66. The molecule has 1 amide bonds.